The third-order valence-corrected chi connectivity index (χ3v) is 4.10. The number of hydrogen-bond acceptors (Lipinski definition) is 2. The highest BCUT2D eigenvalue weighted by Gasteiger charge is 2.21. The van der Waals surface area contributed by atoms with Crippen LogP contribution in [0.4, 0.5) is 4.39 Å². The fourth-order valence-corrected chi connectivity index (χ4v) is 3.06. The summed E-state index contributed by atoms with van der Waals surface area (Å²) in [5.41, 5.74) is 9.39. The Morgan fingerprint density at radius 2 is 2.19 bits per heavy atom. The molecule has 2 aromatic carbocycles. The van der Waals surface area contributed by atoms with E-state index in [1.165, 1.54) is 0 Å². The molecule has 0 spiro atoms. The van der Waals surface area contributed by atoms with Gasteiger partial charge in [0.2, 0.25) is 0 Å². The Balaban J connectivity index is 1.92. The van der Waals surface area contributed by atoms with Crippen LogP contribution in [-0.4, -0.2) is 6.61 Å². The van der Waals surface area contributed by atoms with Crippen LogP contribution in [-0.2, 0) is 12.8 Å². The van der Waals surface area contributed by atoms with Gasteiger partial charge in [0.15, 0.2) is 0 Å². The van der Waals surface area contributed by atoms with Crippen LogP contribution in [0.5, 0.6) is 5.75 Å². The second-order valence-corrected chi connectivity index (χ2v) is 5.88. The molecule has 0 radical (unpaired) electrons. The maximum atomic E-state index is 14.2. The summed E-state index contributed by atoms with van der Waals surface area (Å²) in [7, 11) is 0. The monoisotopic (exact) mass is 305 g/mol. The summed E-state index contributed by atoms with van der Waals surface area (Å²) < 4.78 is 19.8. The van der Waals surface area contributed by atoms with E-state index in [9.17, 15) is 4.39 Å². The predicted molar refractivity (Wildman–Crippen MR) is 82.4 cm³/mol. The molecule has 0 saturated carbocycles. The van der Waals surface area contributed by atoms with Crippen LogP contribution < -0.4 is 10.5 Å². The number of halogens is 2. The second-order valence-electron chi connectivity index (χ2n) is 5.44. The van der Waals surface area contributed by atoms with Gasteiger partial charge in [-0.1, -0.05) is 29.8 Å². The van der Waals surface area contributed by atoms with E-state index >= 15 is 0 Å². The Morgan fingerprint density at radius 1 is 1.38 bits per heavy atom. The van der Waals surface area contributed by atoms with Gasteiger partial charge >= 0.3 is 0 Å². The van der Waals surface area contributed by atoms with Crippen molar-refractivity contribution in [1.29, 1.82) is 0 Å². The highest BCUT2D eigenvalue weighted by Crippen LogP contribution is 2.35. The summed E-state index contributed by atoms with van der Waals surface area (Å²) in [5.74, 6) is 0.632. The van der Waals surface area contributed by atoms with Crippen molar-refractivity contribution in [3.05, 3.63) is 63.4 Å². The minimum Gasteiger partial charge on any atom is -0.493 e. The first-order valence-electron chi connectivity index (χ1n) is 7.01. The van der Waals surface area contributed by atoms with Crippen LogP contribution >= 0.6 is 11.6 Å². The molecule has 110 valence electrons. The van der Waals surface area contributed by atoms with E-state index in [1.807, 2.05) is 18.2 Å². The Labute approximate surface area is 128 Å². The summed E-state index contributed by atoms with van der Waals surface area (Å²) in [4.78, 5) is 0. The summed E-state index contributed by atoms with van der Waals surface area (Å²) in [5, 5.41) is 0.672. The lowest BCUT2D eigenvalue weighted by molar-refractivity contribution is 0.352. The molecule has 0 bridgehead atoms. The summed E-state index contributed by atoms with van der Waals surface area (Å²) in [6.45, 7) is 2.41. The zero-order chi connectivity index (χ0) is 15.0. The van der Waals surface area contributed by atoms with Crippen LogP contribution in [0, 0.1) is 12.7 Å². The first-order chi connectivity index (χ1) is 10.1. The van der Waals surface area contributed by atoms with E-state index in [0.717, 1.165) is 23.3 Å². The molecule has 0 amide bonds. The van der Waals surface area contributed by atoms with E-state index in [0.29, 0.717) is 29.2 Å². The molecule has 21 heavy (non-hydrogen) atoms. The minimum atomic E-state index is -0.420. The van der Waals surface area contributed by atoms with Gasteiger partial charge in [-0.3, -0.25) is 0 Å². The van der Waals surface area contributed by atoms with Gasteiger partial charge in [-0.05, 0) is 42.2 Å². The maximum absolute atomic E-state index is 14.2. The van der Waals surface area contributed by atoms with Gasteiger partial charge in [0.1, 0.15) is 11.6 Å². The SMILES string of the molecule is Cc1cccc(C(N)Cc2cc(Cl)cc3c2OCC3)c1F. The highest BCUT2D eigenvalue weighted by atomic mass is 35.5. The zero-order valence-electron chi connectivity index (χ0n) is 11.8. The van der Waals surface area contributed by atoms with E-state index in [4.69, 9.17) is 22.1 Å². The fourth-order valence-electron chi connectivity index (χ4n) is 2.80. The molecule has 2 aromatic rings. The number of ether oxygens (including phenoxy) is 1. The molecule has 0 fully saturated rings. The number of rotatable bonds is 3. The van der Waals surface area contributed by atoms with Crippen molar-refractivity contribution < 1.29 is 9.13 Å². The topological polar surface area (TPSA) is 35.2 Å². The third-order valence-electron chi connectivity index (χ3n) is 3.89. The molecule has 4 heteroatoms. The molecule has 0 aromatic heterocycles. The van der Waals surface area contributed by atoms with Gasteiger partial charge in [-0.15, -0.1) is 0 Å². The predicted octanol–water partition coefficient (Wildman–Crippen LogP) is 3.96. The van der Waals surface area contributed by atoms with Gasteiger partial charge in [0, 0.05) is 23.0 Å². The van der Waals surface area contributed by atoms with Crippen molar-refractivity contribution >= 4 is 11.6 Å². The van der Waals surface area contributed by atoms with Crippen LogP contribution in [0.3, 0.4) is 0 Å². The molecule has 1 aliphatic heterocycles. The van der Waals surface area contributed by atoms with E-state index in [1.54, 1.807) is 19.1 Å². The smallest absolute Gasteiger partial charge is 0.130 e. The number of nitrogens with two attached hydrogens (primary N) is 1. The second kappa shape index (κ2) is 5.66. The number of hydrogen-bond donors (Lipinski definition) is 1. The molecule has 2 N–H and O–H groups in total. The van der Waals surface area contributed by atoms with Gasteiger partial charge in [-0.25, -0.2) is 4.39 Å². The Bertz CT molecular complexity index is 687. The van der Waals surface area contributed by atoms with Gasteiger partial charge < -0.3 is 10.5 Å². The van der Waals surface area contributed by atoms with Crippen LogP contribution in [0.25, 0.3) is 0 Å². The van der Waals surface area contributed by atoms with Crippen molar-refractivity contribution in [3.8, 4) is 5.75 Å². The van der Waals surface area contributed by atoms with Crippen molar-refractivity contribution in [2.24, 2.45) is 5.73 Å². The van der Waals surface area contributed by atoms with Crippen molar-refractivity contribution in [2.75, 3.05) is 6.61 Å². The summed E-state index contributed by atoms with van der Waals surface area (Å²) >= 11 is 6.14. The Kier molecular flexibility index (Phi) is 3.87. The van der Waals surface area contributed by atoms with Crippen molar-refractivity contribution in [3.63, 3.8) is 0 Å². The molecule has 3 rings (SSSR count). The molecule has 1 heterocycles. The first kappa shape index (κ1) is 14.4. The zero-order valence-corrected chi connectivity index (χ0v) is 12.6. The lowest BCUT2D eigenvalue weighted by atomic mass is 9.96. The van der Waals surface area contributed by atoms with E-state index in [2.05, 4.69) is 0 Å². The Morgan fingerprint density at radius 3 is 3.00 bits per heavy atom. The van der Waals surface area contributed by atoms with E-state index in [-0.39, 0.29) is 5.82 Å². The van der Waals surface area contributed by atoms with Crippen molar-refractivity contribution in [2.45, 2.75) is 25.8 Å². The van der Waals surface area contributed by atoms with Crippen LogP contribution in [0.2, 0.25) is 5.02 Å². The number of aryl methyl sites for hydroxylation is 1. The molecule has 1 unspecified atom stereocenters. The van der Waals surface area contributed by atoms with Crippen LogP contribution in [0.15, 0.2) is 30.3 Å². The molecule has 0 aliphatic carbocycles. The minimum absolute atomic E-state index is 0.232. The average Bonchev–Trinajstić information content (AvgIpc) is 2.90. The lowest BCUT2D eigenvalue weighted by Crippen LogP contribution is -2.16. The average molecular weight is 306 g/mol. The number of fused-ring (bicyclic) bond motifs is 1. The molecule has 0 saturated heterocycles. The van der Waals surface area contributed by atoms with Gasteiger partial charge in [0.05, 0.1) is 6.61 Å². The molecule has 1 atom stereocenters. The molecule has 2 nitrogen and oxygen atoms in total. The van der Waals surface area contributed by atoms with E-state index < -0.39 is 6.04 Å². The highest BCUT2D eigenvalue weighted by molar-refractivity contribution is 6.30. The number of benzene rings is 2. The van der Waals surface area contributed by atoms with Gasteiger partial charge in [-0.2, -0.15) is 0 Å². The lowest BCUT2D eigenvalue weighted by Gasteiger charge is -2.16. The largest absolute Gasteiger partial charge is 0.493 e. The Hall–Kier alpha value is -1.58. The van der Waals surface area contributed by atoms with Crippen molar-refractivity contribution in [1.82, 2.24) is 0 Å². The third kappa shape index (κ3) is 2.76. The first-order valence-corrected chi connectivity index (χ1v) is 7.38. The summed E-state index contributed by atoms with van der Waals surface area (Å²) in [6, 6.07) is 8.67. The summed E-state index contributed by atoms with van der Waals surface area (Å²) in [6.07, 6.45) is 1.36. The molecular formula is C17H17ClFNO. The van der Waals surface area contributed by atoms with Gasteiger partial charge in [0.25, 0.3) is 0 Å². The van der Waals surface area contributed by atoms with Crippen LogP contribution in [0.1, 0.15) is 28.3 Å². The quantitative estimate of drug-likeness (QED) is 0.931. The fraction of sp³-hybridized carbons (Fsp3) is 0.294. The molecule has 1 aliphatic rings. The maximum Gasteiger partial charge on any atom is 0.130 e. The standard InChI is InChI=1S/C17H17ClFNO/c1-10-3-2-4-14(16(10)19)15(20)9-12-8-13(18)7-11-5-6-21-17(11)12/h2-4,7-8,15H,5-6,9,20H2,1H3. The molecular weight excluding hydrogens is 289 g/mol. The normalized spacial score (nSPS) is 14.7.